The number of carbonyl (C=O) groups excluding carboxylic acids is 1. The largest absolute Gasteiger partial charge is 0.378 e. The maximum absolute atomic E-state index is 12.8. The van der Waals surface area contributed by atoms with E-state index < -0.39 is 10.0 Å². The number of anilines is 2. The molecule has 0 atom stereocenters. The molecule has 2 aromatic rings. The number of hydrogen-bond donors (Lipinski definition) is 1. The average Bonchev–Trinajstić information content (AvgIpc) is 2.80. The summed E-state index contributed by atoms with van der Waals surface area (Å²) in [6.45, 7) is 5.92. The van der Waals surface area contributed by atoms with Gasteiger partial charge in [0.2, 0.25) is 15.9 Å². The minimum absolute atomic E-state index is 0.00103. The standard InChI is InChI=1S/C24H31N3O4S/c1-19-3-2-4-20(17-19)18-32(29,30)27-11-9-21(10-12-27)24(28)25-22-5-7-23(8-6-22)26-13-15-31-16-14-26/h2-8,17,21H,9-16,18H2,1H3,(H,25,28). The molecule has 0 aromatic heterocycles. The molecule has 2 aromatic carbocycles. The highest BCUT2D eigenvalue weighted by atomic mass is 32.2. The number of hydrogen-bond acceptors (Lipinski definition) is 5. The van der Waals surface area contributed by atoms with Gasteiger partial charge in [-0.15, -0.1) is 0 Å². The van der Waals surface area contributed by atoms with Crippen molar-refractivity contribution in [3.63, 3.8) is 0 Å². The first-order chi connectivity index (χ1) is 15.4. The molecule has 0 radical (unpaired) electrons. The lowest BCUT2D eigenvalue weighted by molar-refractivity contribution is -0.120. The second-order valence-corrected chi connectivity index (χ2v) is 10.5. The third-order valence-corrected chi connectivity index (χ3v) is 8.01. The van der Waals surface area contributed by atoms with Gasteiger partial charge in [0.25, 0.3) is 0 Å². The maximum Gasteiger partial charge on any atom is 0.227 e. The molecule has 2 fully saturated rings. The second kappa shape index (κ2) is 10.0. The van der Waals surface area contributed by atoms with E-state index in [-0.39, 0.29) is 17.6 Å². The van der Waals surface area contributed by atoms with Crippen molar-refractivity contribution in [2.45, 2.75) is 25.5 Å². The van der Waals surface area contributed by atoms with Gasteiger partial charge in [0.05, 0.1) is 19.0 Å². The van der Waals surface area contributed by atoms with Crippen LogP contribution in [0.3, 0.4) is 0 Å². The van der Waals surface area contributed by atoms with Crippen LogP contribution in [0, 0.1) is 12.8 Å². The number of piperidine rings is 1. The lowest BCUT2D eigenvalue weighted by atomic mass is 9.97. The van der Waals surface area contributed by atoms with E-state index in [1.54, 1.807) is 0 Å². The van der Waals surface area contributed by atoms with Crippen molar-refractivity contribution < 1.29 is 17.9 Å². The highest BCUT2D eigenvalue weighted by molar-refractivity contribution is 7.88. The molecule has 8 heteroatoms. The van der Waals surface area contributed by atoms with E-state index in [2.05, 4.69) is 10.2 Å². The summed E-state index contributed by atoms with van der Waals surface area (Å²) in [6.07, 6.45) is 1.06. The molecular formula is C24H31N3O4S. The Labute approximate surface area is 190 Å². The zero-order chi connectivity index (χ0) is 22.6. The van der Waals surface area contributed by atoms with Gasteiger partial charge in [0.15, 0.2) is 0 Å². The molecule has 4 rings (SSSR count). The van der Waals surface area contributed by atoms with Gasteiger partial charge in [-0.25, -0.2) is 12.7 Å². The Kier molecular flexibility index (Phi) is 7.13. The van der Waals surface area contributed by atoms with Crippen molar-refractivity contribution in [3.8, 4) is 0 Å². The zero-order valence-corrected chi connectivity index (χ0v) is 19.3. The summed E-state index contributed by atoms with van der Waals surface area (Å²) in [5.74, 6) is -0.222. The molecule has 2 saturated heterocycles. The molecule has 32 heavy (non-hydrogen) atoms. The number of sulfonamides is 1. The summed E-state index contributed by atoms with van der Waals surface area (Å²) < 4.78 is 32.5. The summed E-state index contributed by atoms with van der Waals surface area (Å²) in [6, 6.07) is 15.5. The Morgan fingerprint density at radius 3 is 2.38 bits per heavy atom. The van der Waals surface area contributed by atoms with Crippen LogP contribution in [-0.2, 0) is 25.3 Å². The molecule has 1 N–H and O–H groups in total. The second-order valence-electron chi connectivity index (χ2n) is 8.55. The van der Waals surface area contributed by atoms with Crippen molar-refractivity contribution in [2.24, 2.45) is 5.92 Å². The molecule has 0 aliphatic carbocycles. The summed E-state index contributed by atoms with van der Waals surface area (Å²) >= 11 is 0. The monoisotopic (exact) mass is 457 g/mol. The summed E-state index contributed by atoms with van der Waals surface area (Å²) in [7, 11) is -3.39. The first-order valence-corrected chi connectivity index (χ1v) is 12.8. The van der Waals surface area contributed by atoms with Gasteiger partial charge in [0.1, 0.15) is 0 Å². The fourth-order valence-corrected chi connectivity index (χ4v) is 5.87. The van der Waals surface area contributed by atoms with E-state index in [1.165, 1.54) is 4.31 Å². The number of carbonyl (C=O) groups is 1. The first kappa shape index (κ1) is 22.8. The summed E-state index contributed by atoms with van der Waals surface area (Å²) in [5, 5.41) is 2.99. The normalized spacial score (nSPS) is 18.5. The highest BCUT2D eigenvalue weighted by Crippen LogP contribution is 2.24. The molecule has 0 unspecified atom stereocenters. The van der Waals surface area contributed by atoms with E-state index in [4.69, 9.17) is 4.74 Å². The molecule has 2 aliphatic heterocycles. The van der Waals surface area contributed by atoms with Crippen LogP contribution in [-0.4, -0.2) is 58.0 Å². The Morgan fingerprint density at radius 1 is 1.03 bits per heavy atom. The van der Waals surface area contributed by atoms with Gasteiger partial charge in [0, 0.05) is 43.5 Å². The van der Waals surface area contributed by atoms with Crippen LogP contribution in [0.5, 0.6) is 0 Å². The smallest absolute Gasteiger partial charge is 0.227 e. The molecule has 0 spiro atoms. The van der Waals surface area contributed by atoms with E-state index in [0.29, 0.717) is 25.9 Å². The lowest BCUT2D eigenvalue weighted by Gasteiger charge is -2.31. The summed E-state index contributed by atoms with van der Waals surface area (Å²) in [5.41, 5.74) is 3.73. The molecule has 172 valence electrons. The maximum atomic E-state index is 12.8. The Morgan fingerprint density at radius 2 is 1.72 bits per heavy atom. The van der Waals surface area contributed by atoms with Crippen molar-refractivity contribution >= 4 is 27.3 Å². The lowest BCUT2D eigenvalue weighted by Crippen LogP contribution is -2.41. The number of aryl methyl sites for hydroxylation is 1. The summed E-state index contributed by atoms with van der Waals surface area (Å²) in [4.78, 5) is 15.0. The molecule has 2 heterocycles. The predicted octanol–water partition coefficient (Wildman–Crippen LogP) is 3.01. The minimum Gasteiger partial charge on any atom is -0.378 e. The zero-order valence-electron chi connectivity index (χ0n) is 18.5. The van der Waals surface area contributed by atoms with Crippen LogP contribution in [0.15, 0.2) is 48.5 Å². The number of rotatable bonds is 6. The molecule has 7 nitrogen and oxygen atoms in total. The molecular weight excluding hydrogens is 426 g/mol. The Hall–Kier alpha value is -2.42. The predicted molar refractivity (Wildman–Crippen MR) is 126 cm³/mol. The van der Waals surface area contributed by atoms with Crippen molar-refractivity contribution in [1.29, 1.82) is 0 Å². The van der Waals surface area contributed by atoms with Gasteiger partial charge in [-0.05, 0) is 49.6 Å². The van der Waals surface area contributed by atoms with Crippen molar-refractivity contribution in [2.75, 3.05) is 49.6 Å². The van der Waals surface area contributed by atoms with E-state index in [9.17, 15) is 13.2 Å². The van der Waals surface area contributed by atoms with Gasteiger partial charge < -0.3 is 15.0 Å². The van der Waals surface area contributed by atoms with E-state index >= 15 is 0 Å². The molecule has 1 amide bonds. The molecule has 0 saturated carbocycles. The third-order valence-electron chi connectivity index (χ3n) is 6.16. The highest BCUT2D eigenvalue weighted by Gasteiger charge is 2.31. The van der Waals surface area contributed by atoms with Gasteiger partial charge >= 0.3 is 0 Å². The van der Waals surface area contributed by atoms with E-state index in [0.717, 1.165) is 48.8 Å². The Bertz CT molecular complexity index is 1030. The fourth-order valence-electron chi connectivity index (χ4n) is 4.32. The van der Waals surface area contributed by atoms with Crippen LogP contribution in [0.25, 0.3) is 0 Å². The fraction of sp³-hybridized carbons (Fsp3) is 0.458. The van der Waals surface area contributed by atoms with Crippen LogP contribution in [0.1, 0.15) is 24.0 Å². The number of benzene rings is 2. The van der Waals surface area contributed by atoms with Crippen LogP contribution in [0.2, 0.25) is 0 Å². The van der Waals surface area contributed by atoms with Crippen LogP contribution in [0.4, 0.5) is 11.4 Å². The van der Waals surface area contributed by atoms with Gasteiger partial charge in [-0.3, -0.25) is 4.79 Å². The average molecular weight is 458 g/mol. The molecule has 2 aliphatic rings. The van der Waals surface area contributed by atoms with Crippen molar-refractivity contribution in [1.82, 2.24) is 4.31 Å². The molecule has 0 bridgehead atoms. The topological polar surface area (TPSA) is 79.0 Å². The van der Waals surface area contributed by atoms with Crippen molar-refractivity contribution in [3.05, 3.63) is 59.7 Å². The SMILES string of the molecule is Cc1cccc(CS(=O)(=O)N2CCC(C(=O)Nc3ccc(N4CCOCC4)cc3)CC2)c1. The van der Waals surface area contributed by atoms with Crippen LogP contribution >= 0.6 is 0 Å². The third kappa shape index (κ3) is 5.68. The van der Waals surface area contributed by atoms with E-state index in [1.807, 2.05) is 55.5 Å². The first-order valence-electron chi connectivity index (χ1n) is 11.2. The van der Waals surface area contributed by atoms with Gasteiger partial charge in [-0.2, -0.15) is 0 Å². The number of morpholine rings is 1. The minimum atomic E-state index is -3.39. The number of nitrogens with one attached hydrogen (secondary N) is 1. The Balaban J connectivity index is 1.28. The van der Waals surface area contributed by atoms with Crippen LogP contribution < -0.4 is 10.2 Å². The number of nitrogens with zero attached hydrogens (tertiary/aromatic N) is 2. The van der Waals surface area contributed by atoms with Gasteiger partial charge in [-0.1, -0.05) is 29.8 Å². The number of amides is 1. The number of ether oxygens (including phenoxy) is 1. The quantitative estimate of drug-likeness (QED) is 0.721.